The Bertz CT molecular complexity index is 1520. The highest BCUT2D eigenvalue weighted by Crippen LogP contribution is 2.76. The van der Waals surface area contributed by atoms with Crippen LogP contribution in [0.2, 0.25) is 0 Å². The molecule has 0 spiro atoms. The molecule has 7 N–H and O–H groups in total. The normalized spacial score (nSPS) is 52.2. The van der Waals surface area contributed by atoms with Crippen molar-refractivity contribution in [2.24, 2.45) is 56.2 Å². The summed E-state index contributed by atoms with van der Waals surface area (Å²) in [6.45, 7) is 16.0. The Morgan fingerprint density at radius 2 is 1.55 bits per heavy atom. The van der Waals surface area contributed by atoms with Crippen LogP contribution >= 0.6 is 0 Å². The van der Waals surface area contributed by atoms with Crippen molar-refractivity contribution < 1.29 is 64.3 Å². The van der Waals surface area contributed by atoms with Crippen molar-refractivity contribution >= 4 is 12.4 Å². The monoisotopic (exact) mass is 778 g/mol. The second-order valence-electron chi connectivity index (χ2n) is 20.7. The fourth-order valence-electron chi connectivity index (χ4n) is 14.0. The van der Waals surface area contributed by atoms with Crippen LogP contribution in [0.25, 0.3) is 0 Å². The van der Waals surface area contributed by atoms with Crippen molar-refractivity contribution in [1.82, 2.24) is 0 Å². The molecule has 7 aliphatic rings. The molecule has 6 unspecified atom stereocenters. The number of carbonyl (C=O) groups excluding carboxylic acids is 1. The Morgan fingerprint density at radius 3 is 2.22 bits per heavy atom. The van der Waals surface area contributed by atoms with Crippen LogP contribution in [0, 0.1) is 56.2 Å². The third-order valence-electron chi connectivity index (χ3n) is 17.4. The smallest absolute Gasteiger partial charge is 0.310 e. The van der Waals surface area contributed by atoms with Crippen LogP contribution in [0.3, 0.4) is 0 Å². The van der Waals surface area contributed by atoms with Gasteiger partial charge in [0.05, 0.1) is 18.1 Å². The number of allylic oxidation sites excluding steroid dienone is 2. The standard InChI is InChI=1S/C42H66O13/c1-37(2)14-16-42(36(50)51)17-15-40(6)21(23(42)18-37)8-9-26-39(5)12-10-22(38(3,4)25(39)11-13-41(26,40)7)27(45)32-30(48)33(31(49)35(54-32)53-20-43)55-34-29(47)28(46)24(44)19-52-34/h8,20,22-35,44-49H,9-19H2,1-7H3,(H,50,51)/t22-,23?,24-,25?,26?,27+,28+,29?,30?,31+,32+,33-,34+,35?,39+,40-,41-,42+/m1/s1. The molecule has 0 bridgehead atoms. The Kier molecular flexibility index (Phi) is 10.5. The molecule has 7 rings (SSSR count). The van der Waals surface area contributed by atoms with Crippen LogP contribution in [0.4, 0.5) is 0 Å². The molecule has 13 nitrogen and oxygen atoms in total. The summed E-state index contributed by atoms with van der Waals surface area (Å²) in [5.41, 5.74) is 0.0465. The molecule has 0 aromatic heterocycles. The molecule has 55 heavy (non-hydrogen) atoms. The molecular weight excluding hydrogens is 712 g/mol. The van der Waals surface area contributed by atoms with Gasteiger partial charge in [-0.05, 0) is 115 Å². The topological polar surface area (TPSA) is 213 Å². The molecular formula is C42H66O13. The highest BCUT2D eigenvalue weighted by molar-refractivity contribution is 5.76. The van der Waals surface area contributed by atoms with E-state index < -0.39 is 78.2 Å². The lowest BCUT2D eigenvalue weighted by molar-refractivity contribution is -0.351. The third kappa shape index (κ3) is 6.10. The summed E-state index contributed by atoms with van der Waals surface area (Å²) in [6, 6.07) is 0. The first-order valence-electron chi connectivity index (χ1n) is 20.6. The van der Waals surface area contributed by atoms with Gasteiger partial charge < -0.3 is 54.7 Å². The lowest BCUT2D eigenvalue weighted by Crippen LogP contribution is -2.67. The number of carbonyl (C=O) groups is 2. The molecule has 0 aromatic carbocycles. The third-order valence-corrected chi connectivity index (χ3v) is 17.4. The van der Waals surface area contributed by atoms with E-state index in [0.717, 1.165) is 51.4 Å². The highest BCUT2D eigenvalue weighted by Gasteiger charge is 2.70. The maximum Gasteiger partial charge on any atom is 0.310 e. The molecule has 5 aliphatic carbocycles. The van der Waals surface area contributed by atoms with Gasteiger partial charge in [0.2, 0.25) is 6.29 Å². The van der Waals surface area contributed by atoms with Gasteiger partial charge in [-0.15, -0.1) is 0 Å². The average Bonchev–Trinajstić information content (AvgIpc) is 3.10. The summed E-state index contributed by atoms with van der Waals surface area (Å²) in [4.78, 5) is 24.5. The Labute approximate surface area is 324 Å². The van der Waals surface area contributed by atoms with Gasteiger partial charge >= 0.3 is 5.97 Å². The largest absolute Gasteiger partial charge is 0.481 e. The molecule has 2 saturated heterocycles. The number of carboxylic acid groups (broad SMARTS) is 1. The van der Waals surface area contributed by atoms with Gasteiger partial charge in [0.25, 0.3) is 6.47 Å². The number of hydrogen-bond acceptors (Lipinski definition) is 12. The number of aliphatic hydroxyl groups is 6. The maximum atomic E-state index is 13.1. The lowest BCUT2D eigenvalue weighted by Gasteiger charge is -2.71. The number of aliphatic carboxylic acids is 1. The Hall–Kier alpha value is -1.68. The molecule has 0 radical (unpaired) electrons. The van der Waals surface area contributed by atoms with E-state index in [4.69, 9.17) is 18.9 Å². The number of rotatable bonds is 7. The number of hydrogen-bond donors (Lipinski definition) is 7. The van der Waals surface area contributed by atoms with Gasteiger partial charge in [0.1, 0.15) is 42.7 Å². The van der Waals surface area contributed by atoms with Crippen LogP contribution in [-0.4, -0.2) is 116 Å². The SMILES string of the molecule is CC1(C)CC[C@]2(C(=O)O)CC[C@]3(C)C(=CCC4[C@@]5(C)CC[C@H]([C@H](O)[C@@H]6OC(OC=O)[C@@H](O)[C@H](O[C@@H]7OC[C@@H](O)[C@H](O)C7O)C6O)C(C)(C)C5CC[C@]43C)C2C1. The number of carboxylic acids is 1. The quantitative estimate of drug-likeness (QED) is 0.146. The molecule has 2 aliphatic heterocycles. The lowest BCUT2D eigenvalue weighted by atomic mass is 9.33. The zero-order valence-corrected chi connectivity index (χ0v) is 33.6. The summed E-state index contributed by atoms with van der Waals surface area (Å²) in [7, 11) is 0. The minimum absolute atomic E-state index is 0.0306. The first-order chi connectivity index (χ1) is 25.6. The van der Waals surface area contributed by atoms with Crippen LogP contribution in [0.15, 0.2) is 11.6 Å². The van der Waals surface area contributed by atoms with Crippen LogP contribution in [0.5, 0.6) is 0 Å². The summed E-state index contributed by atoms with van der Waals surface area (Å²) < 4.78 is 22.2. The van der Waals surface area contributed by atoms with Gasteiger partial charge in [0.15, 0.2) is 6.29 Å². The predicted molar refractivity (Wildman–Crippen MR) is 197 cm³/mol. The van der Waals surface area contributed by atoms with E-state index in [0.29, 0.717) is 18.8 Å². The highest BCUT2D eigenvalue weighted by atomic mass is 16.7. The average molecular weight is 779 g/mol. The second-order valence-corrected chi connectivity index (χ2v) is 20.7. The molecule has 6 fully saturated rings. The first kappa shape index (κ1) is 41.5. The van der Waals surface area contributed by atoms with Gasteiger partial charge in [-0.2, -0.15) is 0 Å². The zero-order valence-electron chi connectivity index (χ0n) is 33.6. The molecule has 4 saturated carbocycles. The van der Waals surface area contributed by atoms with Crippen LogP contribution in [0.1, 0.15) is 113 Å². The first-order valence-corrected chi connectivity index (χ1v) is 20.6. The zero-order chi connectivity index (χ0) is 40.3. The van der Waals surface area contributed by atoms with E-state index in [9.17, 15) is 45.3 Å². The van der Waals surface area contributed by atoms with E-state index in [1.807, 2.05) is 0 Å². The Balaban J connectivity index is 1.15. The van der Waals surface area contributed by atoms with E-state index in [1.165, 1.54) is 5.57 Å². The fraction of sp³-hybridized carbons (Fsp3) is 0.905. The molecule has 18 atom stereocenters. The van der Waals surface area contributed by atoms with Crippen LogP contribution < -0.4 is 0 Å². The minimum Gasteiger partial charge on any atom is -0.481 e. The van der Waals surface area contributed by atoms with Crippen molar-refractivity contribution in [3.8, 4) is 0 Å². The van der Waals surface area contributed by atoms with E-state index >= 15 is 0 Å². The number of aliphatic hydroxyl groups excluding tert-OH is 6. The van der Waals surface area contributed by atoms with Crippen molar-refractivity contribution in [1.29, 1.82) is 0 Å². The summed E-state index contributed by atoms with van der Waals surface area (Å²) >= 11 is 0. The Morgan fingerprint density at radius 1 is 0.855 bits per heavy atom. The molecule has 0 aromatic rings. The van der Waals surface area contributed by atoms with Crippen molar-refractivity contribution in [3.63, 3.8) is 0 Å². The summed E-state index contributed by atoms with van der Waals surface area (Å²) in [5, 5.41) is 76.3. The van der Waals surface area contributed by atoms with Gasteiger partial charge in [-0.1, -0.05) is 60.1 Å². The maximum absolute atomic E-state index is 13.1. The van der Waals surface area contributed by atoms with Crippen molar-refractivity contribution in [3.05, 3.63) is 11.6 Å². The minimum atomic E-state index is -1.73. The van der Waals surface area contributed by atoms with Crippen LogP contribution in [-0.2, 0) is 28.5 Å². The van der Waals surface area contributed by atoms with Gasteiger partial charge in [-0.3, -0.25) is 9.59 Å². The van der Waals surface area contributed by atoms with Gasteiger partial charge in [-0.25, -0.2) is 0 Å². The van der Waals surface area contributed by atoms with E-state index in [-0.39, 0.29) is 52.5 Å². The number of fused-ring (bicyclic) bond motifs is 7. The fourth-order valence-corrected chi connectivity index (χ4v) is 14.0. The molecule has 312 valence electrons. The molecule has 0 amide bonds. The predicted octanol–water partition coefficient (Wildman–Crippen LogP) is 3.29. The second kappa shape index (κ2) is 14.0. The van der Waals surface area contributed by atoms with Gasteiger partial charge in [0, 0.05) is 0 Å². The van der Waals surface area contributed by atoms with E-state index in [2.05, 4.69) is 54.5 Å². The van der Waals surface area contributed by atoms with Crippen molar-refractivity contribution in [2.45, 2.75) is 174 Å². The number of ether oxygens (including phenoxy) is 4. The summed E-state index contributed by atoms with van der Waals surface area (Å²) in [6.07, 6.45) is -4.60. The molecule has 13 heteroatoms. The summed E-state index contributed by atoms with van der Waals surface area (Å²) in [5.74, 6) is -0.442. The van der Waals surface area contributed by atoms with Crippen molar-refractivity contribution in [2.75, 3.05) is 6.61 Å². The van der Waals surface area contributed by atoms with E-state index in [1.54, 1.807) is 0 Å². The molecule has 2 heterocycles.